The molecule has 4 nitrogen and oxygen atoms in total. The molecule has 0 bridgehead atoms. The number of hydrogen-bond donors (Lipinski definition) is 0. The predicted molar refractivity (Wildman–Crippen MR) is 74.7 cm³/mol. The first kappa shape index (κ1) is 15.3. The smallest absolute Gasteiger partial charge is 0.223 e. The van der Waals surface area contributed by atoms with Gasteiger partial charge in [0.25, 0.3) is 0 Å². The molecule has 0 aliphatic rings. The summed E-state index contributed by atoms with van der Waals surface area (Å²) in [5.74, 6) is -0.448. The van der Waals surface area contributed by atoms with Crippen LogP contribution in [0, 0.1) is 16.0 Å². The third-order valence-corrected chi connectivity index (χ3v) is 3.57. The first-order valence-corrected chi connectivity index (χ1v) is 6.49. The highest BCUT2D eigenvalue weighted by Crippen LogP contribution is 2.34. The van der Waals surface area contributed by atoms with Crippen molar-refractivity contribution in [1.29, 1.82) is 0 Å². The third-order valence-electron chi connectivity index (χ3n) is 3.57. The molecule has 0 aromatic heterocycles. The maximum Gasteiger partial charge on any atom is 0.223 e. The van der Waals surface area contributed by atoms with Crippen LogP contribution in [-0.4, -0.2) is 16.2 Å². The SMILES string of the molecule is CC(C)C(=O)C[C@@H](c1ccccc1)C(C)(C)[N+](=O)[O-]. The lowest BCUT2D eigenvalue weighted by molar-refractivity contribution is -0.565. The van der Waals surface area contributed by atoms with Crippen molar-refractivity contribution in [2.75, 3.05) is 0 Å². The fourth-order valence-electron chi connectivity index (χ4n) is 2.02. The summed E-state index contributed by atoms with van der Waals surface area (Å²) < 4.78 is 0. The number of hydrogen-bond acceptors (Lipinski definition) is 3. The first-order valence-electron chi connectivity index (χ1n) is 6.49. The van der Waals surface area contributed by atoms with Gasteiger partial charge in [0.05, 0.1) is 5.92 Å². The normalized spacial score (nSPS) is 13.3. The van der Waals surface area contributed by atoms with E-state index in [2.05, 4.69) is 0 Å². The van der Waals surface area contributed by atoms with Crippen LogP contribution < -0.4 is 0 Å². The van der Waals surface area contributed by atoms with Crippen molar-refractivity contribution in [3.8, 4) is 0 Å². The first-order chi connectivity index (χ1) is 8.76. The van der Waals surface area contributed by atoms with Crippen molar-refractivity contribution < 1.29 is 9.72 Å². The summed E-state index contributed by atoms with van der Waals surface area (Å²) in [6, 6.07) is 9.26. The molecule has 0 N–H and O–H groups in total. The summed E-state index contributed by atoms with van der Waals surface area (Å²) in [6.45, 7) is 6.81. The molecule has 19 heavy (non-hydrogen) atoms. The summed E-state index contributed by atoms with van der Waals surface area (Å²) in [5, 5.41) is 11.3. The van der Waals surface area contributed by atoms with Gasteiger partial charge in [-0.05, 0) is 5.56 Å². The molecule has 104 valence electrons. The Morgan fingerprint density at radius 1 is 1.26 bits per heavy atom. The zero-order valence-electron chi connectivity index (χ0n) is 11.9. The van der Waals surface area contributed by atoms with Gasteiger partial charge in [0, 0.05) is 31.1 Å². The van der Waals surface area contributed by atoms with Crippen LogP contribution >= 0.6 is 0 Å². The molecule has 0 radical (unpaired) electrons. The quantitative estimate of drug-likeness (QED) is 0.583. The molecule has 1 aromatic rings. The Hall–Kier alpha value is -1.71. The van der Waals surface area contributed by atoms with Crippen LogP contribution in [0.1, 0.15) is 45.6 Å². The molecule has 1 rings (SSSR count). The Morgan fingerprint density at radius 2 is 1.79 bits per heavy atom. The van der Waals surface area contributed by atoms with Crippen LogP contribution in [0.4, 0.5) is 0 Å². The molecule has 0 saturated carbocycles. The van der Waals surface area contributed by atoms with E-state index in [-0.39, 0.29) is 23.0 Å². The van der Waals surface area contributed by atoms with Gasteiger partial charge >= 0.3 is 0 Å². The molecule has 0 heterocycles. The molecule has 0 aliphatic carbocycles. The highest BCUT2D eigenvalue weighted by Gasteiger charge is 2.42. The third kappa shape index (κ3) is 3.63. The van der Waals surface area contributed by atoms with Gasteiger partial charge in [0.15, 0.2) is 0 Å². The van der Waals surface area contributed by atoms with E-state index in [9.17, 15) is 14.9 Å². The van der Waals surface area contributed by atoms with Crippen molar-refractivity contribution in [2.45, 2.75) is 45.6 Å². The van der Waals surface area contributed by atoms with E-state index in [0.717, 1.165) is 5.56 Å². The maximum absolute atomic E-state index is 12.0. The minimum Gasteiger partial charge on any atom is -0.299 e. The second kappa shape index (κ2) is 5.95. The molecule has 1 aromatic carbocycles. The van der Waals surface area contributed by atoms with Crippen LogP contribution in [0.5, 0.6) is 0 Å². The molecule has 0 fully saturated rings. The molecule has 0 amide bonds. The zero-order chi connectivity index (χ0) is 14.6. The fourth-order valence-corrected chi connectivity index (χ4v) is 2.02. The minimum absolute atomic E-state index is 0.0591. The van der Waals surface area contributed by atoms with Gasteiger partial charge in [-0.25, -0.2) is 0 Å². The van der Waals surface area contributed by atoms with Crippen LogP contribution in [0.3, 0.4) is 0 Å². The second-order valence-corrected chi connectivity index (χ2v) is 5.70. The van der Waals surface area contributed by atoms with E-state index >= 15 is 0 Å². The van der Waals surface area contributed by atoms with Crippen molar-refractivity contribution >= 4 is 5.78 Å². The molecule has 1 atom stereocenters. The monoisotopic (exact) mass is 263 g/mol. The lowest BCUT2D eigenvalue weighted by Gasteiger charge is -2.27. The van der Waals surface area contributed by atoms with Gasteiger partial charge in [0.2, 0.25) is 5.54 Å². The van der Waals surface area contributed by atoms with E-state index < -0.39 is 11.5 Å². The van der Waals surface area contributed by atoms with Crippen LogP contribution in [0.15, 0.2) is 30.3 Å². The standard InChI is InChI=1S/C15H21NO3/c1-11(2)14(17)10-13(15(3,4)16(18)19)12-8-6-5-7-9-12/h5-9,11,13H,10H2,1-4H3/t13-/m0/s1. The van der Waals surface area contributed by atoms with E-state index in [1.807, 2.05) is 44.2 Å². The fraction of sp³-hybridized carbons (Fsp3) is 0.533. The summed E-state index contributed by atoms with van der Waals surface area (Å²) in [6.07, 6.45) is 0.204. The topological polar surface area (TPSA) is 60.2 Å². The lowest BCUT2D eigenvalue weighted by atomic mass is 9.78. The van der Waals surface area contributed by atoms with Crippen LogP contribution in [0.2, 0.25) is 0 Å². The average Bonchev–Trinajstić information content (AvgIpc) is 2.36. The molecule has 0 spiro atoms. The predicted octanol–water partition coefficient (Wildman–Crippen LogP) is 3.44. The average molecular weight is 263 g/mol. The highest BCUT2D eigenvalue weighted by molar-refractivity contribution is 5.81. The van der Waals surface area contributed by atoms with Gasteiger partial charge < -0.3 is 0 Å². The Bertz CT molecular complexity index is 452. The molecule has 0 aliphatic heterocycles. The minimum atomic E-state index is -1.16. The van der Waals surface area contributed by atoms with Crippen LogP contribution in [0.25, 0.3) is 0 Å². The second-order valence-electron chi connectivity index (χ2n) is 5.70. The van der Waals surface area contributed by atoms with Gasteiger partial charge in [-0.3, -0.25) is 14.9 Å². The number of rotatable bonds is 6. The summed E-state index contributed by atoms with van der Waals surface area (Å²) in [4.78, 5) is 23.0. The Labute approximate surface area is 114 Å². The maximum atomic E-state index is 12.0. The number of Topliss-reactive ketones (excluding diaryl/α,β-unsaturated/α-hetero) is 1. The number of nitro groups is 1. The van der Waals surface area contributed by atoms with E-state index in [4.69, 9.17) is 0 Å². The van der Waals surface area contributed by atoms with Gasteiger partial charge in [0.1, 0.15) is 5.78 Å². The summed E-state index contributed by atoms with van der Waals surface area (Å²) in [7, 11) is 0. The Morgan fingerprint density at radius 3 is 2.21 bits per heavy atom. The largest absolute Gasteiger partial charge is 0.299 e. The number of carbonyl (C=O) groups is 1. The van der Waals surface area contributed by atoms with Gasteiger partial charge in [-0.1, -0.05) is 44.2 Å². The lowest BCUT2D eigenvalue weighted by Crippen LogP contribution is -2.39. The zero-order valence-corrected chi connectivity index (χ0v) is 11.9. The highest BCUT2D eigenvalue weighted by atomic mass is 16.6. The number of benzene rings is 1. The number of carbonyl (C=O) groups excluding carboxylic acids is 1. The Kier molecular flexibility index (Phi) is 4.81. The van der Waals surface area contributed by atoms with Gasteiger partial charge in [-0.2, -0.15) is 0 Å². The van der Waals surface area contributed by atoms with E-state index in [0.29, 0.717) is 0 Å². The molecule has 0 saturated heterocycles. The van der Waals surface area contributed by atoms with Crippen molar-refractivity contribution in [3.05, 3.63) is 46.0 Å². The Balaban J connectivity index is 3.12. The van der Waals surface area contributed by atoms with Crippen LogP contribution in [-0.2, 0) is 4.79 Å². The summed E-state index contributed by atoms with van der Waals surface area (Å²) >= 11 is 0. The summed E-state index contributed by atoms with van der Waals surface area (Å²) in [5.41, 5.74) is -0.315. The number of nitrogens with zero attached hydrogens (tertiary/aromatic N) is 1. The number of ketones is 1. The molecule has 4 heteroatoms. The van der Waals surface area contributed by atoms with Crippen molar-refractivity contribution in [2.24, 2.45) is 5.92 Å². The molecular formula is C15H21NO3. The van der Waals surface area contributed by atoms with Gasteiger partial charge in [-0.15, -0.1) is 0 Å². The van der Waals surface area contributed by atoms with E-state index in [1.165, 1.54) is 0 Å². The van der Waals surface area contributed by atoms with E-state index in [1.54, 1.807) is 13.8 Å². The van der Waals surface area contributed by atoms with Crippen molar-refractivity contribution in [1.82, 2.24) is 0 Å². The molecular weight excluding hydrogens is 242 g/mol. The van der Waals surface area contributed by atoms with Crippen molar-refractivity contribution in [3.63, 3.8) is 0 Å². The molecule has 0 unspecified atom stereocenters.